The summed E-state index contributed by atoms with van der Waals surface area (Å²) in [6.07, 6.45) is 1.62. The Labute approximate surface area is 185 Å². The molecule has 7 nitrogen and oxygen atoms in total. The molecule has 0 atom stereocenters. The highest BCUT2D eigenvalue weighted by molar-refractivity contribution is 7.99. The predicted molar refractivity (Wildman–Crippen MR) is 121 cm³/mol. The van der Waals surface area contributed by atoms with Gasteiger partial charge in [0.15, 0.2) is 5.16 Å². The summed E-state index contributed by atoms with van der Waals surface area (Å²) in [7, 11) is 0. The Morgan fingerprint density at radius 2 is 1.97 bits per heavy atom. The highest BCUT2D eigenvalue weighted by Crippen LogP contribution is 2.30. The minimum atomic E-state index is -0.273. The number of hydrogen-bond acceptors (Lipinski definition) is 5. The van der Waals surface area contributed by atoms with Gasteiger partial charge in [-0.15, -0.1) is 16.8 Å². The molecule has 30 heavy (non-hydrogen) atoms. The third-order valence-electron chi connectivity index (χ3n) is 4.35. The van der Waals surface area contributed by atoms with Gasteiger partial charge < -0.3 is 5.32 Å². The lowest BCUT2D eigenvalue weighted by molar-refractivity contribution is -0.113. The van der Waals surface area contributed by atoms with Crippen molar-refractivity contribution in [1.82, 2.24) is 19.2 Å². The molecule has 0 bridgehead atoms. The van der Waals surface area contributed by atoms with Crippen molar-refractivity contribution in [3.8, 4) is 0 Å². The predicted octanol–water partition coefficient (Wildman–Crippen LogP) is 4.27. The number of allylic oxidation sites excluding steroid dienone is 1. The molecule has 4 aromatic rings. The van der Waals surface area contributed by atoms with Crippen molar-refractivity contribution in [3.63, 3.8) is 0 Å². The van der Waals surface area contributed by atoms with Gasteiger partial charge >= 0.3 is 0 Å². The average molecular weight is 460 g/mol. The molecule has 2 heterocycles. The Balaban J connectivity index is 1.67. The van der Waals surface area contributed by atoms with Gasteiger partial charge in [0.2, 0.25) is 11.7 Å². The molecule has 4 rings (SSSR count). The monoisotopic (exact) mass is 459 g/mol. The molecular weight excluding hydrogens is 445 g/mol. The Morgan fingerprint density at radius 3 is 2.77 bits per heavy atom. The van der Waals surface area contributed by atoms with Gasteiger partial charge in [-0.2, -0.15) is 0 Å². The molecule has 0 spiro atoms. The number of benzene rings is 2. The van der Waals surface area contributed by atoms with E-state index in [0.717, 1.165) is 0 Å². The first-order valence-corrected chi connectivity index (χ1v) is 10.6. The molecule has 0 aliphatic rings. The first kappa shape index (κ1) is 20.5. The van der Waals surface area contributed by atoms with Crippen LogP contribution in [-0.4, -0.2) is 30.8 Å². The van der Waals surface area contributed by atoms with Crippen LogP contribution in [0.25, 0.3) is 16.7 Å². The van der Waals surface area contributed by atoms with Crippen LogP contribution in [0.15, 0.2) is 65.1 Å². The lowest BCUT2D eigenvalue weighted by Gasteiger charge is -2.10. The molecule has 0 saturated heterocycles. The first-order valence-electron chi connectivity index (χ1n) is 8.85. The summed E-state index contributed by atoms with van der Waals surface area (Å²) >= 11 is 13.3. The fourth-order valence-corrected chi connectivity index (χ4v) is 4.13. The number of fused-ring (bicyclic) bond motifs is 3. The molecule has 0 aliphatic carbocycles. The third kappa shape index (κ3) is 3.69. The lowest BCUT2D eigenvalue weighted by Crippen LogP contribution is -2.22. The fraction of sp³-hybridized carbons (Fsp3) is 0.100. The molecule has 152 valence electrons. The van der Waals surface area contributed by atoms with E-state index >= 15 is 0 Å². The van der Waals surface area contributed by atoms with Crippen molar-refractivity contribution in [2.45, 2.75) is 11.7 Å². The molecule has 0 unspecified atom stereocenters. The van der Waals surface area contributed by atoms with E-state index in [4.69, 9.17) is 23.2 Å². The number of aromatic nitrogens is 4. The zero-order valence-corrected chi connectivity index (χ0v) is 17.8. The second-order valence-corrected chi connectivity index (χ2v) is 8.01. The highest BCUT2D eigenvalue weighted by atomic mass is 35.5. The number of thioether (sulfide) groups is 1. The van der Waals surface area contributed by atoms with Crippen molar-refractivity contribution in [2.75, 3.05) is 11.1 Å². The quantitative estimate of drug-likeness (QED) is 0.344. The Hall–Kier alpha value is -2.81. The zero-order chi connectivity index (χ0) is 21.3. The second kappa shape index (κ2) is 8.51. The van der Waals surface area contributed by atoms with Crippen LogP contribution < -0.4 is 10.9 Å². The molecule has 10 heteroatoms. The minimum absolute atomic E-state index is 0.0680. The summed E-state index contributed by atoms with van der Waals surface area (Å²) in [5.41, 5.74) is 0.935. The van der Waals surface area contributed by atoms with Gasteiger partial charge in [-0.1, -0.05) is 59.2 Å². The van der Waals surface area contributed by atoms with Gasteiger partial charge in [0.25, 0.3) is 5.56 Å². The summed E-state index contributed by atoms with van der Waals surface area (Å²) in [6.45, 7) is 4.00. The number of hydrogen-bond donors (Lipinski definition) is 1. The van der Waals surface area contributed by atoms with Crippen LogP contribution in [0.1, 0.15) is 0 Å². The van der Waals surface area contributed by atoms with E-state index in [1.807, 2.05) is 12.1 Å². The summed E-state index contributed by atoms with van der Waals surface area (Å²) in [5.74, 6) is 0.183. The normalized spacial score (nSPS) is 11.1. The summed E-state index contributed by atoms with van der Waals surface area (Å²) in [6, 6.07) is 12.2. The van der Waals surface area contributed by atoms with Gasteiger partial charge in [-0.05, 0) is 24.3 Å². The van der Waals surface area contributed by atoms with E-state index in [9.17, 15) is 9.59 Å². The van der Waals surface area contributed by atoms with Crippen molar-refractivity contribution in [2.24, 2.45) is 0 Å². The molecular formula is C20H15Cl2N5O2S. The van der Waals surface area contributed by atoms with Crippen LogP contribution >= 0.6 is 35.0 Å². The maximum absolute atomic E-state index is 12.8. The average Bonchev–Trinajstić information content (AvgIpc) is 3.17. The van der Waals surface area contributed by atoms with E-state index in [1.165, 1.54) is 16.3 Å². The van der Waals surface area contributed by atoms with E-state index in [0.29, 0.717) is 39.1 Å². The van der Waals surface area contributed by atoms with Gasteiger partial charge in [0, 0.05) is 6.54 Å². The smallest absolute Gasteiger partial charge is 0.263 e. The number of carbonyl (C=O) groups is 1. The Kier molecular flexibility index (Phi) is 5.80. The van der Waals surface area contributed by atoms with Crippen LogP contribution in [0.2, 0.25) is 10.0 Å². The number of nitrogens with zero attached hydrogens (tertiary/aromatic N) is 4. The number of carbonyl (C=O) groups excluding carboxylic acids is 1. The number of amides is 1. The standard InChI is InChI=1S/C20H15Cl2N5O2S/c1-2-10-26-18(29)12-6-3-4-9-15(12)27-19(26)24-25-20(27)30-11-16(28)23-14-8-5-7-13(21)17(14)22/h2-9H,1,10-11H2,(H,23,28). The van der Waals surface area contributed by atoms with Crippen molar-refractivity contribution >= 4 is 63.2 Å². The van der Waals surface area contributed by atoms with Crippen molar-refractivity contribution in [3.05, 3.63) is 75.5 Å². The summed E-state index contributed by atoms with van der Waals surface area (Å²) < 4.78 is 3.27. The molecule has 0 radical (unpaired) electrons. The number of para-hydroxylation sites is 1. The van der Waals surface area contributed by atoms with Crippen LogP contribution in [0.3, 0.4) is 0 Å². The van der Waals surface area contributed by atoms with Crippen LogP contribution in [-0.2, 0) is 11.3 Å². The SMILES string of the molecule is C=CCn1c(=O)c2ccccc2n2c(SCC(=O)Nc3cccc(Cl)c3Cl)nnc12. The molecule has 0 aliphatic heterocycles. The Morgan fingerprint density at radius 1 is 1.17 bits per heavy atom. The summed E-state index contributed by atoms with van der Waals surface area (Å²) in [5, 5.41) is 12.8. The molecule has 1 amide bonds. The van der Waals surface area contributed by atoms with Crippen molar-refractivity contribution < 1.29 is 4.79 Å². The van der Waals surface area contributed by atoms with E-state index in [2.05, 4.69) is 22.1 Å². The van der Waals surface area contributed by atoms with Gasteiger partial charge in [0.05, 0.1) is 32.4 Å². The van der Waals surface area contributed by atoms with E-state index < -0.39 is 0 Å². The van der Waals surface area contributed by atoms with Gasteiger partial charge in [-0.25, -0.2) is 0 Å². The van der Waals surface area contributed by atoms with E-state index in [-0.39, 0.29) is 22.2 Å². The highest BCUT2D eigenvalue weighted by Gasteiger charge is 2.17. The van der Waals surface area contributed by atoms with E-state index in [1.54, 1.807) is 40.8 Å². The van der Waals surface area contributed by atoms with Crippen LogP contribution in [0.4, 0.5) is 5.69 Å². The molecule has 2 aromatic carbocycles. The van der Waals surface area contributed by atoms with Crippen molar-refractivity contribution in [1.29, 1.82) is 0 Å². The van der Waals surface area contributed by atoms with Crippen LogP contribution in [0.5, 0.6) is 0 Å². The second-order valence-electron chi connectivity index (χ2n) is 6.28. The number of halogens is 2. The van der Waals surface area contributed by atoms with Gasteiger partial charge in [0.1, 0.15) is 0 Å². The Bertz CT molecular complexity index is 1350. The lowest BCUT2D eigenvalue weighted by atomic mass is 10.2. The first-order chi connectivity index (χ1) is 14.5. The van der Waals surface area contributed by atoms with Crippen LogP contribution in [0, 0.1) is 0 Å². The molecule has 2 aromatic heterocycles. The number of nitrogens with one attached hydrogen (secondary N) is 1. The number of anilines is 1. The summed E-state index contributed by atoms with van der Waals surface area (Å²) in [4.78, 5) is 25.2. The minimum Gasteiger partial charge on any atom is -0.324 e. The third-order valence-corrected chi connectivity index (χ3v) is 6.10. The molecule has 1 N–H and O–H groups in total. The van der Waals surface area contributed by atoms with Gasteiger partial charge in [-0.3, -0.25) is 18.6 Å². The maximum atomic E-state index is 12.8. The number of rotatable bonds is 6. The zero-order valence-electron chi connectivity index (χ0n) is 15.5. The largest absolute Gasteiger partial charge is 0.324 e. The maximum Gasteiger partial charge on any atom is 0.263 e. The topological polar surface area (TPSA) is 81.3 Å². The molecule has 0 fully saturated rings. The fourth-order valence-electron chi connectivity index (χ4n) is 3.04. The molecule has 0 saturated carbocycles.